The van der Waals surface area contributed by atoms with E-state index >= 15 is 0 Å². The molecule has 2 aromatic rings. The summed E-state index contributed by atoms with van der Waals surface area (Å²) in [5.41, 5.74) is 0.615. The molecule has 1 heterocycles. The number of rotatable bonds is 4. The Labute approximate surface area is 145 Å². The van der Waals surface area contributed by atoms with Crippen molar-refractivity contribution in [3.05, 3.63) is 65.7 Å². The number of Topliss-reactive ketones (excluding diaryl/α,β-unsaturated/α-hetero) is 1. The summed E-state index contributed by atoms with van der Waals surface area (Å²) in [6, 6.07) is 11.4. The number of ketones is 1. The van der Waals surface area contributed by atoms with Gasteiger partial charge in [0.1, 0.15) is 0 Å². The molecule has 0 atom stereocenters. The van der Waals surface area contributed by atoms with Crippen LogP contribution in [0.2, 0.25) is 0 Å². The fraction of sp³-hybridized carbons (Fsp3) is 0.278. The van der Waals surface area contributed by atoms with Gasteiger partial charge in [-0.25, -0.2) is 17.2 Å². The molecule has 0 unspecified atom stereocenters. The van der Waals surface area contributed by atoms with Crippen LogP contribution in [0.5, 0.6) is 0 Å². The summed E-state index contributed by atoms with van der Waals surface area (Å²) in [6.45, 7) is 0.342. The molecule has 0 aromatic heterocycles. The zero-order valence-electron chi connectivity index (χ0n) is 13.4. The lowest BCUT2D eigenvalue weighted by Crippen LogP contribution is -2.40. The van der Waals surface area contributed by atoms with Crippen LogP contribution in [0.25, 0.3) is 0 Å². The minimum Gasteiger partial charge on any atom is -0.294 e. The van der Waals surface area contributed by atoms with Gasteiger partial charge >= 0.3 is 0 Å². The van der Waals surface area contributed by atoms with E-state index in [1.54, 1.807) is 24.3 Å². The monoisotopic (exact) mass is 365 g/mol. The van der Waals surface area contributed by atoms with Crippen molar-refractivity contribution in [1.82, 2.24) is 4.31 Å². The Morgan fingerprint density at radius 3 is 2.20 bits per heavy atom. The standard InChI is InChI=1S/C18H17F2NO3S/c19-16-7-6-15(12-17(16)20)25(23,24)21-10-8-14(9-11-21)18(22)13-4-2-1-3-5-13/h1-7,12,14H,8-11H2. The summed E-state index contributed by atoms with van der Waals surface area (Å²) in [5, 5.41) is 0. The molecule has 2 aromatic carbocycles. The van der Waals surface area contributed by atoms with Crippen LogP contribution in [0.15, 0.2) is 53.4 Å². The van der Waals surface area contributed by atoms with Crippen molar-refractivity contribution in [2.45, 2.75) is 17.7 Å². The molecule has 3 rings (SSSR count). The fourth-order valence-corrected chi connectivity index (χ4v) is 4.46. The second kappa shape index (κ2) is 7.01. The van der Waals surface area contributed by atoms with Crippen molar-refractivity contribution in [3.8, 4) is 0 Å². The molecule has 1 aliphatic rings. The summed E-state index contributed by atoms with van der Waals surface area (Å²) < 4.78 is 52.7. The number of hydrogen-bond acceptors (Lipinski definition) is 3. The normalized spacial score (nSPS) is 16.7. The van der Waals surface area contributed by atoms with E-state index in [0.29, 0.717) is 24.5 Å². The van der Waals surface area contributed by atoms with Crippen LogP contribution >= 0.6 is 0 Å². The molecule has 1 fully saturated rings. The van der Waals surface area contributed by atoms with E-state index in [9.17, 15) is 22.0 Å². The zero-order chi connectivity index (χ0) is 18.0. The van der Waals surface area contributed by atoms with Crippen molar-refractivity contribution in [2.75, 3.05) is 13.1 Å². The molecule has 0 aliphatic carbocycles. The van der Waals surface area contributed by atoms with Crippen molar-refractivity contribution < 1.29 is 22.0 Å². The lowest BCUT2D eigenvalue weighted by molar-refractivity contribution is 0.0875. The van der Waals surface area contributed by atoms with E-state index in [2.05, 4.69) is 0 Å². The van der Waals surface area contributed by atoms with Crippen LogP contribution < -0.4 is 0 Å². The largest absolute Gasteiger partial charge is 0.294 e. The number of halogens is 2. The molecular formula is C18H17F2NO3S. The Morgan fingerprint density at radius 2 is 1.60 bits per heavy atom. The lowest BCUT2D eigenvalue weighted by atomic mass is 9.90. The van der Waals surface area contributed by atoms with Crippen LogP contribution in [0.4, 0.5) is 8.78 Å². The van der Waals surface area contributed by atoms with Gasteiger partial charge in [0.25, 0.3) is 0 Å². The maximum Gasteiger partial charge on any atom is 0.243 e. The van der Waals surface area contributed by atoms with Crippen molar-refractivity contribution in [1.29, 1.82) is 0 Å². The van der Waals surface area contributed by atoms with Crippen LogP contribution in [-0.4, -0.2) is 31.6 Å². The topological polar surface area (TPSA) is 54.5 Å². The number of benzene rings is 2. The Bertz CT molecular complexity index is 876. The summed E-state index contributed by atoms with van der Waals surface area (Å²) in [6.07, 6.45) is 0.799. The van der Waals surface area contributed by atoms with Gasteiger partial charge in [0.2, 0.25) is 10.0 Å². The van der Waals surface area contributed by atoms with Gasteiger partial charge in [0.15, 0.2) is 17.4 Å². The minimum atomic E-state index is -3.90. The molecule has 7 heteroatoms. The van der Waals surface area contributed by atoms with Gasteiger partial charge in [0.05, 0.1) is 4.90 Å². The summed E-state index contributed by atoms with van der Waals surface area (Å²) in [4.78, 5) is 12.2. The van der Waals surface area contributed by atoms with Crippen molar-refractivity contribution in [3.63, 3.8) is 0 Å². The highest BCUT2D eigenvalue weighted by Crippen LogP contribution is 2.26. The highest BCUT2D eigenvalue weighted by Gasteiger charge is 2.32. The van der Waals surface area contributed by atoms with Gasteiger partial charge < -0.3 is 0 Å². The third kappa shape index (κ3) is 3.62. The Hall–Kier alpha value is -2.12. The smallest absolute Gasteiger partial charge is 0.243 e. The highest BCUT2D eigenvalue weighted by molar-refractivity contribution is 7.89. The zero-order valence-corrected chi connectivity index (χ0v) is 14.2. The third-order valence-corrected chi connectivity index (χ3v) is 6.31. The molecular weight excluding hydrogens is 348 g/mol. The first-order valence-corrected chi connectivity index (χ1v) is 9.38. The average Bonchev–Trinajstić information content (AvgIpc) is 2.64. The summed E-state index contributed by atoms with van der Waals surface area (Å²) in [5.74, 6) is -2.52. The van der Waals surface area contributed by atoms with Crippen LogP contribution in [0.3, 0.4) is 0 Å². The second-order valence-electron chi connectivity index (χ2n) is 5.98. The van der Waals surface area contributed by atoms with Crippen LogP contribution in [0.1, 0.15) is 23.2 Å². The molecule has 0 amide bonds. The summed E-state index contributed by atoms with van der Waals surface area (Å²) in [7, 11) is -3.90. The van der Waals surface area contributed by atoms with Gasteiger partial charge in [-0.3, -0.25) is 4.79 Å². The van der Waals surface area contributed by atoms with Gasteiger partial charge in [-0.15, -0.1) is 0 Å². The Morgan fingerprint density at radius 1 is 0.960 bits per heavy atom. The van der Waals surface area contributed by atoms with E-state index in [4.69, 9.17) is 0 Å². The van der Waals surface area contributed by atoms with Crippen molar-refractivity contribution >= 4 is 15.8 Å². The van der Waals surface area contributed by atoms with Crippen molar-refractivity contribution in [2.24, 2.45) is 5.92 Å². The van der Waals surface area contributed by atoms with E-state index in [1.165, 1.54) is 4.31 Å². The first kappa shape index (κ1) is 17.7. The molecule has 132 valence electrons. The molecule has 0 saturated carbocycles. The first-order chi connectivity index (χ1) is 11.9. The maximum absolute atomic E-state index is 13.3. The number of nitrogens with zero attached hydrogens (tertiary/aromatic N) is 1. The predicted molar refractivity (Wildman–Crippen MR) is 88.6 cm³/mol. The van der Waals surface area contributed by atoms with E-state index < -0.39 is 21.7 Å². The lowest BCUT2D eigenvalue weighted by Gasteiger charge is -2.30. The number of sulfonamides is 1. The van der Waals surface area contributed by atoms with Crippen LogP contribution in [-0.2, 0) is 10.0 Å². The molecule has 0 N–H and O–H groups in total. The van der Waals surface area contributed by atoms with E-state index in [0.717, 1.165) is 12.1 Å². The molecule has 0 bridgehead atoms. The van der Waals surface area contributed by atoms with Gasteiger partial charge in [-0.2, -0.15) is 4.31 Å². The molecule has 1 saturated heterocycles. The minimum absolute atomic E-state index is 0.00507. The van der Waals surface area contributed by atoms with Gasteiger partial charge in [-0.05, 0) is 31.0 Å². The molecule has 0 spiro atoms. The molecule has 25 heavy (non-hydrogen) atoms. The number of carbonyl (C=O) groups excluding carboxylic acids is 1. The quantitative estimate of drug-likeness (QED) is 0.782. The average molecular weight is 365 g/mol. The van der Waals surface area contributed by atoms with E-state index in [1.807, 2.05) is 6.07 Å². The number of carbonyl (C=O) groups is 1. The Kier molecular flexibility index (Phi) is 4.96. The molecule has 0 radical (unpaired) electrons. The van der Waals surface area contributed by atoms with E-state index in [-0.39, 0.29) is 29.7 Å². The van der Waals surface area contributed by atoms with Gasteiger partial charge in [-0.1, -0.05) is 30.3 Å². The predicted octanol–water partition coefficient (Wildman–Crippen LogP) is 3.25. The molecule has 1 aliphatic heterocycles. The van der Waals surface area contributed by atoms with Crippen LogP contribution in [0, 0.1) is 17.6 Å². The SMILES string of the molecule is O=C(c1ccccc1)C1CCN(S(=O)(=O)c2ccc(F)c(F)c2)CC1. The molecule has 4 nitrogen and oxygen atoms in total. The third-order valence-electron chi connectivity index (χ3n) is 4.41. The van der Waals surface area contributed by atoms with Gasteiger partial charge in [0, 0.05) is 24.6 Å². The Balaban J connectivity index is 1.71. The fourth-order valence-electron chi connectivity index (χ4n) is 2.98. The number of piperidine rings is 1. The summed E-state index contributed by atoms with van der Waals surface area (Å²) >= 11 is 0. The maximum atomic E-state index is 13.3. The first-order valence-electron chi connectivity index (χ1n) is 7.94. The highest BCUT2D eigenvalue weighted by atomic mass is 32.2. The number of hydrogen-bond donors (Lipinski definition) is 0. The second-order valence-corrected chi connectivity index (χ2v) is 7.92.